The van der Waals surface area contributed by atoms with E-state index in [1.54, 1.807) is 0 Å². The van der Waals surface area contributed by atoms with Crippen molar-refractivity contribution in [3.8, 4) is 16.9 Å². The van der Waals surface area contributed by atoms with Gasteiger partial charge in [0.2, 0.25) is 15.9 Å². The van der Waals surface area contributed by atoms with Crippen LogP contribution in [0.2, 0.25) is 5.02 Å². The molecule has 2 aliphatic rings. The van der Waals surface area contributed by atoms with Crippen LogP contribution < -0.4 is 15.4 Å². The second kappa shape index (κ2) is 14.1. The topological polar surface area (TPSA) is 113 Å². The summed E-state index contributed by atoms with van der Waals surface area (Å²) in [5, 5.41) is 6.85. The fourth-order valence-electron chi connectivity index (χ4n) is 6.99. The Morgan fingerprint density at radius 1 is 1.00 bits per heavy atom. The summed E-state index contributed by atoms with van der Waals surface area (Å²) in [6, 6.07) is 15.8. The number of likely N-dealkylation sites (tertiary alicyclic amines) is 1. The first-order valence-electron chi connectivity index (χ1n) is 16.5. The number of hydrogen-bond acceptors (Lipinski definition) is 5. The normalized spacial score (nSPS) is 19.9. The van der Waals surface area contributed by atoms with E-state index in [-0.39, 0.29) is 23.8 Å². The number of benzene rings is 2. The number of halogens is 1. The van der Waals surface area contributed by atoms with Crippen LogP contribution in [-0.2, 0) is 21.2 Å². The van der Waals surface area contributed by atoms with Gasteiger partial charge in [-0.05, 0) is 107 Å². The molecule has 1 aromatic heterocycles. The number of piperidine rings is 1. The summed E-state index contributed by atoms with van der Waals surface area (Å²) in [4.78, 5) is 29.8. The second-order valence-corrected chi connectivity index (χ2v) is 16.3. The Bertz CT molecular complexity index is 1720. The number of carbonyl (C=O) groups excluding carboxylic acids is 2. The highest BCUT2D eigenvalue weighted by atomic mass is 35.5. The molecule has 0 radical (unpaired) electrons. The van der Waals surface area contributed by atoms with Crippen LogP contribution in [0.25, 0.3) is 16.9 Å². The highest BCUT2D eigenvalue weighted by Crippen LogP contribution is 2.37. The zero-order valence-electron chi connectivity index (χ0n) is 28.2. The minimum Gasteiger partial charge on any atom is -0.354 e. The van der Waals surface area contributed by atoms with Crippen LogP contribution in [0, 0.1) is 19.3 Å². The average Bonchev–Trinajstić information content (AvgIpc) is 3.56. The number of amides is 2. The third-order valence-electron chi connectivity index (χ3n) is 9.85. The first-order chi connectivity index (χ1) is 22.2. The van der Waals surface area contributed by atoms with Gasteiger partial charge in [-0.15, -0.1) is 0 Å². The van der Waals surface area contributed by atoms with Crippen molar-refractivity contribution in [1.82, 2.24) is 24.8 Å². The van der Waals surface area contributed by atoms with Gasteiger partial charge in [-0.3, -0.25) is 14.5 Å². The van der Waals surface area contributed by atoms with E-state index >= 15 is 0 Å². The number of hydrogen-bond donors (Lipinski definition) is 3. The summed E-state index contributed by atoms with van der Waals surface area (Å²) in [5.41, 5.74) is 5.74. The smallest absolute Gasteiger partial charge is 0.253 e. The maximum atomic E-state index is 14.1. The summed E-state index contributed by atoms with van der Waals surface area (Å²) in [7, 11) is -3.35. The molecule has 0 aliphatic carbocycles. The third-order valence-corrected chi connectivity index (χ3v) is 10.8. The number of carbonyl (C=O) groups is 2. The first-order valence-corrected chi connectivity index (χ1v) is 18.8. The van der Waals surface area contributed by atoms with Gasteiger partial charge in [0.05, 0.1) is 17.5 Å². The van der Waals surface area contributed by atoms with E-state index in [0.717, 1.165) is 72.4 Å². The van der Waals surface area contributed by atoms with Gasteiger partial charge in [0.25, 0.3) is 5.91 Å². The lowest BCUT2D eigenvalue weighted by atomic mass is 9.79. The lowest BCUT2D eigenvalue weighted by molar-refractivity contribution is -0.132. The molecule has 0 saturated carbocycles. The minimum absolute atomic E-state index is 0.0524. The van der Waals surface area contributed by atoms with Crippen molar-refractivity contribution in [3.05, 3.63) is 75.9 Å². The van der Waals surface area contributed by atoms with Gasteiger partial charge in [0.15, 0.2) is 0 Å². The Balaban J connectivity index is 1.48. The van der Waals surface area contributed by atoms with Gasteiger partial charge in [0, 0.05) is 41.6 Å². The van der Waals surface area contributed by atoms with Crippen LogP contribution in [0.4, 0.5) is 0 Å². The van der Waals surface area contributed by atoms with Crippen LogP contribution in [0.15, 0.2) is 48.5 Å². The molecule has 3 N–H and O–H groups in total. The highest BCUT2D eigenvalue weighted by molar-refractivity contribution is 7.88. The standard InChI is InChI=1S/C36H48ClN5O4S/c1-25-8-11-28(12-9-25)42-31(7-6-18-40-47(5,45)46)30(24-32(42)29-13-10-27(37)23-26(29)2)33(43)38-19-14-36(15-20-39-34(36)44)41-21-16-35(3,4)17-22-41/h8-13,23-24,40H,6-7,14-22H2,1-5H3,(H,38,43)(H,39,44). The Morgan fingerprint density at radius 3 is 2.32 bits per heavy atom. The van der Waals surface area contributed by atoms with Crippen molar-refractivity contribution in [2.75, 3.05) is 39.0 Å². The van der Waals surface area contributed by atoms with Crippen LogP contribution >= 0.6 is 11.6 Å². The first kappa shape index (κ1) is 35.1. The zero-order valence-corrected chi connectivity index (χ0v) is 29.8. The van der Waals surface area contributed by atoms with Crippen LogP contribution in [0.5, 0.6) is 0 Å². The van der Waals surface area contributed by atoms with E-state index in [2.05, 4.69) is 38.7 Å². The molecule has 1 atom stereocenters. The van der Waals surface area contributed by atoms with Crippen molar-refractivity contribution in [2.24, 2.45) is 5.41 Å². The molecule has 254 valence electrons. The molecule has 3 heterocycles. The lowest BCUT2D eigenvalue weighted by Gasteiger charge is -2.45. The van der Waals surface area contributed by atoms with Crippen LogP contribution in [0.1, 0.15) is 73.1 Å². The molecule has 2 saturated heterocycles. The Hall–Kier alpha value is -3.18. The minimum atomic E-state index is -3.35. The van der Waals surface area contributed by atoms with Crippen molar-refractivity contribution >= 4 is 33.4 Å². The second-order valence-electron chi connectivity index (χ2n) is 14.0. The molecule has 3 aromatic rings. The molecule has 9 nitrogen and oxygen atoms in total. The molecule has 1 unspecified atom stereocenters. The zero-order chi connectivity index (χ0) is 34.0. The molecule has 2 aliphatic heterocycles. The quantitative estimate of drug-likeness (QED) is 0.222. The van der Waals surface area contributed by atoms with Gasteiger partial charge in [0.1, 0.15) is 5.54 Å². The van der Waals surface area contributed by atoms with Gasteiger partial charge in [-0.2, -0.15) is 0 Å². The monoisotopic (exact) mass is 681 g/mol. The Morgan fingerprint density at radius 2 is 1.70 bits per heavy atom. The van der Waals surface area contributed by atoms with E-state index < -0.39 is 15.6 Å². The highest BCUT2D eigenvalue weighted by Gasteiger charge is 2.48. The predicted octanol–water partition coefficient (Wildman–Crippen LogP) is 5.40. The summed E-state index contributed by atoms with van der Waals surface area (Å²) >= 11 is 6.33. The number of aromatic nitrogens is 1. The van der Waals surface area contributed by atoms with E-state index in [9.17, 15) is 18.0 Å². The van der Waals surface area contributed by atoms with Gasteiger partial charge in [-0.1, -0.05) is 49.2 Å². The lowest BCUT2D eigenvalue weighted by Crippen LogP contribution is -2.58. The fourth-order valence-corrected chi connectivity index (χ4v) is 7.73. The molecule has 47 heavy (non-hydrogen) atoms. The summed E-state index contributed by atoms with van der Waals surface area (Å²) < 4.78 is 28.3. The molecule has 2 fully saturated rings. The number of nitrogens with zero attached hydrogens (tertiary/aromatic N) is 2. The summed E-state index contributed by atoms with van der Waals surface area (Å²) in [5.74, 6) is -0.167. The Labute approximate surface area is 284 Å². The van der Waals surface area contributed by atoms with Crippen molar-refractivity contribution < 1.29 is 18.0 Å². The predicted molar refractivity (Wildman–Crippen MR) is 189 cm³/mol. The molecular weight excluding hydrogens is 634 g/mol. The van der Waals surface area contributed by atoms with Crippen LogP contribution in [-0.4, -0.2) is 74.2 Å². The van der Waals surface area contributed by atoms with E-state index in [1.165, 1.54) is 0 Å². The summed E-state index contributed by atoms with van der Waals surface area (Å²) in [6.45, 7) is 11.6. The van der Waals surface area contributed by atoms with Crippen molar-refractivity contribution in [2.45, 2.75) is 71.8 Å². The number of sulfonamides is 1. The van der Waals surface area contributed by atoms with E-state index in [0.29, 0.717) is 42.9 Å². The maximum Gasteiger partial charge on any atom is 0.253 e. The molecule has 0 spiro atoms. The van der Waals surface area contributed by atoms with Gasteiger partial charge < -0.3 is 15.2 Å². The number of aryl methyl sites for hydroxylation is 2. The molecular formula is C36H48ClN5O4S. The third kappa shape index (κ3) is 8.11. The SMILES string of the molecule is Cc1ccc(-n2c(-c3ccc(Cl)cc3C)cc(C(=O)NCCC3(N4CCC(C)(C)CC4)CCNC3=O)c2CCCNS(C)(=O)=O)cc1. The fraction of sp³-hybridized carbons (Fsp3) is 0.500. The Kier molecular flexibility index (Phi) is 10.6. The molecule has 2 amide bonds. The summed E-state index contributed by atoms with van der Waals surface area (Å²) in [6.07, 6.45) is 5.42. The van der Waals surface area contributed by atoms with Crippen molar-refractivity contribution in [1.29, 1.82) is 0 Å². The molecule has 11 heteroatoms. The van der Waals surface area contributed by atoms with Crippen LogP contribution in [0.3, 0.4) is 0 Å². The van der Waals surface area contributed by atoms with Gasteiger partial charge in [-0.25, -0.2) is 13.1 Å². The van der Waals surface area contributed by atoms with Crippen molar-refractivity contribution in [3.63, 3.8) is 0 Å². The largest absolute Gasteiger partial charge is 0.354 e. The maximum absolute atomic E-state index is 14.1. The molecule has 0 bridgehead atoms. The number of nitrogens with one attached hydrogen (secondary N) is 3. The van der Waals surface area contributed by atoms with Gasteiger partial charge >= 0.3 is 0 Å². The molecule has 2 aromatic carbocycles. The van der Waals surface area contributed by atoms with E-state index in [4.69, 9.17) is 11.6 Å². The number of rotatable bonds is 12. The van der Waals surface area contributed by atoms with E-state index in [1.807, 2.05) is 62.4 Å². The molecule has 5 rings (SSSR count). The average molecular weight is 682 g/mol.